The Hall–Kier alpha value is 0.350. The van der Waals surface area contributed by atoms with Crippen molar-refractivity contribution in [2.45, 2.75) is 45.8 Å². The predicted molar refractivity (Wildman–Crippen MR) is 54.1 cm³/mol. The van der Waals surface area contributed by atoms with Gasteiger partial charge in [-0.1, -0.05) is 34.6 Å². The average molecular weight is 172 g/mol. The minimum atomic E-state index is 0.476. The van der Waals surface area contributed by atoms with E-state index >= 15 is 0 Å². The average Bonchev–Trinajstić information content (AvgIpc) is 1.52. The van der Waals surface area contributed by atoms with E-state index in [0.29, 0.717) is 10.2 Å². The Bertz CT molecular complexity index is 137. The van der Waals surface area contributed by atoms with Crippen molar-refractivity contribution >= 4 is 11.8 Å². The second kappa shape index (κ2) is 2.69. The summed E-state index contributed by atoms with van der Waals surface area (Å²) in [7, 11) is 0. The quantitative estimate of drug-likeness (QED) is 0.583. The smallest absolute Gasteiger partial charge is 0.0239 e. The van der Waals surface area contributed by atoms with E-state index in [0.717, 1.165) is 5.92 Å². The maximum atomic E-state index is 2.37. The van der Waals surface area contributed by atoms with E-state index in [9.17, 15) is 0 Å². The van der Waals surface area contributed by atoms with E-state index in [4.69, 9.17) is 0 Å². The van der Waals surface area contributed by atoms with Gasteiger partial charge < -0.3 is 0 Å². The highest BCUT2D eigenvalue weighted by atomic mass is 32.2. The molecule has 0 spiro atoms. The first kappa shape index (κ1) is 9.44. The lowest BCUT2D eigenvalue weighted by Gasteiger charge is -2.54. The summed E-state index contributed by atoms with van der Waals surface area (Å²) in [6.45, 7) is 11.8. The van der Waals surface area contributed by atoms with Gasteiger partial charge in [0.05, 0.1) is 0 Å². The first-order chi connectivity index (χ1) is 4.90. The molecule has 66 valence electrons. The molecule has 0 nitrogen and oxygen atoms in total. The molecule has 1 heteroatoms. The molecule has 0 aromatic carbocycles. The van der Waals surface area contributed by atoms with Gasteiger partial charge >= 0.3 is 0 Å². The molecule has 0 radical (unpaired) electrons. The van der Waals surface area contributed by atoms with Gasteiger partial charge in [-0.15, -0.1) is 0 Å². The predicted octanol–water partition coefficient (Wildman–Crippen LogP) is 3.56. The standard InChI is InChI=1S/C10H20S/c1-8(2)10(6-7-11-10)9(3,4)5/h8H,6-7H2,1-5H3. The van der Waals surface area contributed by atoms with Crippen molar-refractivity contribution in [3.8, 4) is 0 Å². The fourth-order valence-corrected chi connectivity index (χ4v) is 3.65. The van der Waals surface area contributed by atoms with Crippen molar-refractivity contribution in [2.75, 3.05) is 5.75 Å². The Labute approximate surface area is 75.1 Å². The summed E-state index contributed by atoms with van der Waals surface area (Å²) in [5.74, 6) is 2.19. The molecule has 0 N–H and O–H groups in total. The summed E-state index contributed by atoms with van der Waals surface area (Å²) < 4.78 is 0.576. The number of hydrogen-bond donors (Lipinski definition) is 0. The summed E-state index contributed by atoms with van der Waals surface area (Å²) in [5.41, 5.74) is 0.476. The molecule has 1 rings (SSSR count). The van der Waals surface area contributed by atoms with Crippen LogP contribution in [0.25, 0.3) is 0 Å². The molecular formula is C10H20S. The van der Waals surface area contributed by atoms with Crippen molar-refractivity contribution in [2.24, 2.45) is 11.3 Å². The Morgan fingerprint density at radius 3 is 1.73 bits per heavy atom. The molecule has 1 atom stereocenters. The van der Waals surface area contributed by atoms with Crippen LogP contribution in [-0.4, -0.2) is 10.5 Å². The van der Waals surface area contributed by atoms with Crippen LogP contribution in [-0.2, 0) is 0 Å². The van der Waals surface area contributed by atoms with E-state index in [1.165, 1.54) is 12.2 Å². The highest BCUT2D eigenvalue weighted by Gasteiger charge is 2.49. The Kier molecular flexibility index (Phi) is 2.31. The summed E-state index contributed by atoms with van der Waals surface area (Å²) in [5, 5.41) is 0. The van der Waals surface area contributed by atoms with Crippen LogP contribution in [0.15, 0.2) is 0 Å². The zero-order valence-corrected chi connectivity index (χ0v) is 9.22. The van der Waals surface area contributed by atoms with Gasteiger partial charge in [-0.25, -0.2) is 0 Å². The van der Waals surface area contributed by atoms with E-state index < -0.39 is 0 Å². The van der Waals surface area contributed by atoms with Crippen LogP contribution in [0.2, 0.25) is 0 Å². The fraction of sp³-hybridized carbons (Fsp3) is 1.00. The highest BCUT2D eigenvalue weighted by molar-refractivity contribution is 8.02. The largest absolute Gasteiger partial charge is 0.154 e. The lowest BCUT2D eigenvalue weighted by atomic mass is 9.71. The van der Waals surface area contributed by atoms with Crippen molar-refractivity contribution < 1.29 is 0 Å². The SMILES string of the molecule is CC(C)C1(C(C)(C)C)CCS1. The van der Waals surface area contributed by atoms with Gasteiger partial charge in [0, 0.05) is 4.75 Å². The summed E-state index contributed by atoms with van der Waals surface area (Å²) in [4.78, 5) is 0. The second-order valence-electron chi connectivity index (χ2n) is 4.89. The van der Waals surface area contributed by atoms with E-state index in [1.54, 1.807) is 0 Å². The van der Waals surface area contributed by atoms with Gasteiger partial charge in [-0.05, 0) is 23.5 Å². The topological polar surface area (TPSA) is 0 Å². The molecule has 0 aliphatic carbocycles. The molecule has 0 saturated carbocycles. The summed E-state index contributed by atoms with van der Waals surface area (Å²) >= 11 is 2.17. The van der Waals surface area contributed by atoms with Crippen LogP contribution in [0.3, 0.4) is 0 Å². The van der Waals surface area contributed by atoms with Gasteiger partial charge in [0.2, 0.25) is 0 Å². The normalized spacial score (nSPS) is 32.2. The van der Waals surface area contributed by atoms with E-state index in [1.807, 2.05) is 0 Å². The molecule has 0 bridgehead atoms. The highest BCUT2D eigenvalue weighted by Crippen LogP contribution is 2.56. The zero-order chi connectivity index (χ0) is 8.70. The molecule has 1 aliphatic rings. The molecule has 1 saturated heterocycles. The van der Waals surface area contributed by atoms with Crippen LogP contribution in [0.1, 0.15) is 41.0 Å². The molecule has 1 aliphatic heterocycles. The van der Waals surface area contributed by atoms with E-state index in [-0.39, 0.29) is 0 Å². The fourth-order valence-electron chi connectivity index (χ4n) is 2.23. The number of rotatable bonds is 1. The minimum Gasteiger partial charge on any atom is -0.154 e. The molecule has 0 aromatic rings. The van der Waals surface area contributed by atoms with Gasteiger partial charge in [0.1, 0.15) is 0 Å². The Morgan fingerprint density at radius 2 is 1.73 bits per heavy atom. The third-order valence-corrected chi connectivity index (χ3v) is 5.25. The van der Waals surface area contributed by atoms with Gasteiger partial charge in [0.15, 0.2) is 0 Å². The maximum absolute atomic E-state index is 2.37. The molecule has 1 heterocycles. The van der Waals surface area contributed by atoms with Crippen LogP contribution in [0.5, 0.6) is 0 Å². The van der Waals surface area contributed by atoms with Crippen molar-refractivity contribution in [1.82, 2.24) is 0 Å². The third-order valence-electron chi connectivity index (χ3n) is 3.04. The van der Waals surface area contributed by atoms with E-state index in [2.05, 4.69) is 46.4 Å². The van der Waals surface area contributed by atoms with Crippen molar-refractivity contribution in [3.05, 3.63) is 0 Å². The van der Waals surface area contributed by atoms with Crippen LogP contribution >= 0.6 is 11.8 Å². The number of thioether (sulfide) groups is 1. The molecule has 1 unspecified atom stereocenters. The zero-order valence-electron chi connectivity index (χ0n) is 8.40. The molecule has 0 amide bonds. The van der Waals surface area contributed by atoms with Gasteiger partial charge in [-0.2, -0.15) is 11.8 Å². The first-order valence-electron chi connectivity index (χ1n) is 4.54. The molecule has 0 aromatic heterocycles. The Morgan fingerprint density at radius 1 is 1.27 bits per heavy atom. The Balaban J connectivity index is 2.76. The third kappa shape index (κ3) is 1.32. The number of hydrogen-bond acceptors (Lipinski definition) is 1. The maximum Gasteiger partial charge on any atom is 0.0239 e. The molecule has 1 fully saturated rings. The summed E-state index contributed by atoms with van der Waals surface area (Å²) in [6.07, 6.45) is 1.42. The lowest BCUT2D eigenvalue weighted by molar-refractivity contribution is 0.199. The van der Waals surface area contributed by atoms with Crippen molar-refractivity contribution in [1.29, 1.82) is 0 Å². The first-order valence-corrected chi connectivity index (χ1v) is 5.53. The molecular weight excluding hydrogens is 152 g/mol. The second-order valence-corrected chi connectivity index (χ2v) is 6.32. The molecule has 11 heavy (non-hydrogen) atoms. The van der Waals surface area contributed by atoms with Gasteiger partial charge in [-0.3, -0.25) is 0 Å². The van der Waals surface area contributed by atoms with Gasteiger partial charge in [0.25, 0.3) is 0 Å². The monoisotopic (exact) mass is 172 g/mol. The lowest BCUT2D eigenvalue weighted by Crippen LogP contribution is -2.50. The van der Waals surface area contributed by atoms with Crippen LogP contribution in [0.4, 0.5) is 0 Å². The minimum absolute atomic E-state index is 0.476. The van der Waals surface area contributed by atoms with Crippen molar-refractivity contribution in [3.63, 3.8) is 0 Å². The summed E-state index contributed by atoms with van der Waals surface area (Å²) in [6, 6.07) is 0. The van der Waals surface area contributed by atoms with Crippen LogP contribution < -0.4 is 0 Å². The van der Waals surface area contributed by atoms with Crippen LogP contribution in [0, 0.1) is 11.3 Å².